The minimum absolute atomic E-state index is 0.168. The molecule has 0 fully saturated rings. The first-order valence-corrected chi connectivity index (χ1v) is 5.97. The molecule has 5 nitrogen and oxygen atoms in total. The van der Waals surface area contributed by atoms with E-state index in [4.69, 9.17) is 11.5 Å². The molecule has 0 unspecified atom stereocenters. The van der Waals surface area contributed by atoms with Crippen molar-refractivity contribution >= 4 is 11.6 Å². The van der Waals surface area contributed by atoms with Crippen LogP contribution in [0.2, 0.25) is 0 Å². The first kappa shape index (κ1) is 13.2. The Bertz CT molecular complexity index is 539. The number of benzene rings is 1. The van der Waals surface area contributed by atoms with Gasteiger partial charge in [-0.1, -0.05) is 12.1 Å². The number of rotatable bonds is 4. The average molecular weight is 256 g/mol. The molecule has 1 atom stereocenters. The molecule has 0 bridgehead atoms. The predicted octanol–water partition coefficient (Wildman–Crippen LogP) is 1.29. The highest BCUT2D eigenvalue weighted by atomic mass is 16.1. The van der Waals surface area contributed by atoms with Crippen molar-refractivity contribution in [3.63, 3.8) is 0 Å². The molecule has 0 saturated heterocycles. The van der Waals surface area contributed by atoms with E-state index in [9.17, 15) is 4.79 Å². The second-order valence-electron chi connectivity index (χ2n) is 4.15. The molecule has 5 N–H and O–H groups in total. The molecule has 0 saturated carbocycles. The van der Waals surface area contributed by atoms with Gasteiger partial charge >= 0.3 is 0 Å². The van der Waals surface area contributed by atoms with Gasteiger partial charge in [-0.2, -0.15) is 0 Å². The summed E-state index contributed by atoms with van der Waals surface area (Å²) in [4.78, 5) is 15.9. The molecular formula is C14H16N4O. The van der Waals surface area contributed by atoms with Crippen LogP contribution in [-0.4, -0.2) is 17.4 Å². The number of hydrogen-bond acceptors (Lipinski definition) is 4. The van der Waals surface area contributed by atoms with Gasteiger partial charge in [-0.25, -0.2) is 0 Å². The fourth-order valence-corrected chi connectivity index (χ4v) is 1.66. The van der Waals surface area contributed by atoms with Crippen LogP contribution in [0.3, 0.4) is 0 Å². The van der Waals surface area contributed by atoms with E-state index in [0.717, 1.165) is 5.56 Å². The van der Waals surface area contributed by atoms with Gasteiger partial charge in [0.2, 0.25) is 0 Å². The van der Waals surface area contributed by atoms with Crippen LogP contribution >= 0.6 is 0 Å². The first-order chi connectivity index (χ1) is 9.20. The normalized spacial score (nSPS) is 11.9. The summed E-state index contributed by atoms with van der Waals surface area (Å²) in [6.45, 7) is 0.378. The van der Waals surface area contributed by atoms with Crippen LogP contribution in [0.25, 0.3) is 0 Å². The first-order valence-electron chi connectivity index (χ1n) is 5.97. The maximum atomic E-state index is 12.0. The van der Waals surface area contributed by atoms with E-state index in [1.54, 1.807) is 36.7 Å². The molecule has 19 heavy (non-hydrogen) atoms. The van der Waals surface area contributed by atoms with E-state index >= 15 is 0 Å². The van der Waals surface area contributed by atoms with Crippen LogP contribution < -0.4 is 16.8 Å². The molecule has 2 rings (SSSR count). The summed E-state index contributed by atoms with van der Waals surface area (Å²) in [5.74, 6) is -0.168. The van der Waals surface area contributed by atoms with Crippen LogP contribution in [0.15, 0.2) is 48.8 Å². The standard InChI is InChI=1S/C14H16N4O/c15-9-13(16)10-1-3-11(4-2-10)14(19)18-12-5-7-17-8-6-12/h1-8,13H,9,15-16H2,(H,17,18,19)/t13-/m1/s1. The Morgan fingerprint density at radius 2 is 1.79 bits per heavy atom. The second kappa shape index (κ2) is 6.08. The lowest BCUT2D eigenvalue weighted by molar-refractivity contribution is 0.102. The van der Waals surface area contributed by atoms with Crippen LogP contribution in [0.5, 0.6) is 0 Å². The molecular weight excluding hydrogens is 240 g/mol. The third-order valence-corrected chi connectivity index (χ3v) is 2.79. The molecule has 1 aromatic carbocycles. The Morgan fingerprint density at radius 3 is 2.37 bits per heavy atom. The zero-order valence-electron chi connectivity index (χ0n) is 10.4. The van der Waals surface area contributed by atoms with Crippen molar-refractivity contribution in [1.29, 1.82) is 0 Å². The Morgan fingerprint density at radius 1 is 1.16 bits per heavy atom. The highest BCUT2D eigenvalue weighted by Gasteiger charge is 2.08. The minimum atomic E-state index is -0.197. The summed E-state index contributed by atoms with van der Waals surface area (Å²) in [5, 5.41) is 2.79. The van der Waals surface area contributed by atoms with Crippen molar-refractivity contribution in [3.8, 4) is 0 Å². The fraction of sp³-hybridized carbons (Fsp3) is 0.143. The number of carbonyl (C=O) groups is 1. The van der Waals surface area contributed by atoms with E-state index in [2.05, 4.69) is 10.3 Å². The Hall–Kier alpha value is -2.24. The van der Waals surface area contributed by atoms with Crippen molar-refractivity contribution in [2.45, 2.75) is 6.04 Å². The lowest BCUT2D eigenvalue weighted by atomic mass is 10.1. The summed E-state index contributed by atoms with van der Waals surface area (Å²) >= 11 is 0. The Labute approximate surface area is 111 Å². The van der Waals surface area contributed by atoms with Gasteiger partial charge < -0.3 is 16.8 Å². The van der Waals surface area contributed by atoms with Crippen LogP contribution in [-0.2, 0) is 0 Å². The Kier molecular flexibility index (Phi) is 4.22. The van der Waals surface area contributed by atoms with Crippen molar-refractivity contribution in [1.82, 2.24) is 4.98 Å². The van der Waals surface area contributed by atoms with E-state index in [1.807, 2.05) is 12.1 Å². The molecule has 1 heterocycles. The number of nitrogens with two attached hydrogens (primary N) is 2. The number of hydrogen-bond donors (Lipinski definition) is 3. The highest BCUT2D eigenvalue weighted by Crippen LogP contribution is 2.12. The zero-order chi connectivity index (χ0) is 13.7. The number of anilines is 1. The van der Waals surface area contributed by atoms with Gasteiger partial charge in [0.15, 0.2) is 0 Å². The lowest BCUT2D eigenvalue weighted by Gasteiger charge is -2.10. The third-order valence-electron chi connectivity index (χ3n) is 2.79. The smallest absolute Gasteiger partial charge is 0.255 e. The van der Waals surface area contributed by atoms with Gasteiger partial charge in [0, 0.05) is 36.2 Å². The van der Waals surface area contributed by atoms with Gasteiger partial charge in [0.1, 0.15) is 0 Å². The molecule has 98 valence electrons. The van der Waals surface area contributed by atoms with E-state index in [0.29, 0.717) is 17.8 Å². The van der Waals surface area contributed by atoms with E-state index in [1.165, 1.54) is 0 Å². The van der Waals surface area contributed by atoms with Crippen LogP contribution in [0.4, 0.5) is 5.69 Å². The van der Waals surface area contributed by atoms with Crippen molar-refractivity contribution in [3.05, 3.63) is 59.9 Å². The molecule has 0 radical (unpaired) electrons. The van der Waals surface area contributed by atoms with Gasteiger partial charge in [0.05, 0.1) is 0 Å². The third kappa shape index (κ3) is 3.37. The number of carbonyl (C=O) groups excluding carboxylic acids is 1. The largest absolute Gasteiger partial charge is 0.329 e. The van der Waals surface area contributed by atoms with Gasteiger partial charge in [0.25, 0.3) is 5.91 Å². The number of aromatic nitrogens is 1. The molecule has 1 aromatic heterocycles. The molecule has 0 aliphatic carbocycles. The van der Waals surface area contributed by atoms with Gasteiger partial charge in [-0.05, 0) is 29.8 Å². The summed E-state index contributed by atoms with van der Waals surface area (Å²) in [7, 11) is 0. The predicted molar refractivity (Wildman–Crippen MR) is 74.6 cm³/mol. The summed E-state index contributed by atoms with van der Waals surface area (Å²) in [5.41, 5.74) is 13.5. The van der Waals surface area contributed by atoms with Crippen molar-refractivity contribution in [2.75, 3.05) is 11.9 Å². The number of amides is 1. The molecule has 0 aliphatic heterocycles. The average Bonchev–Trinajstić information content (AvgIpc) is 2.47. The van der Waals surface area contributed by atoms with E-state index < -0.39 is 0 Å². The molecule has 5 heteroatoms. The number of nitrogens with one attached hydrogen (secondary N) is 1. The minimum Gasteiger partial charge on any atom is -0.329 e. The summed E-state index contributed by atoms with van der Waals surface area (Å²) < 4.78 is 0. The van der Waals surface area contributed by atoms with Gasteiger partial charge in [-0.3, -0.25) is 9.78 Å². The van der Waals surface area contributed by atoms with Gasteiger partial charge in [-0.15, -0.1) is 0 Å². The monoisotopic (exact) mass is 256 g/mol. The Balaban J connectivity index is 2.08. The maximum Gasteiger partial charge on any atom is 0.255 e. The maximum absolute atomic E-state index is 12.0. The SMILES string of the molecule is NC[C@@H](N)c1ccc(C(=O)Nc2ccncc2)cc1. The molecule has 0 spiro atoms. The quantitative estimate of drug-likeness (QED) is 0.768. The zero-order valence-corrected chi connectivity index (χ0v) is 10.4. The molecule has 2 aromatic rings. The summed E-state index contributed by atoms with van der Waals surface area (Å²) in [6.07, 6.45) is 3.25. The second-order valence-corrected chi connectivity index (χ2v) is 4.15. The lowest BCUT2D eigenvalue weighted by Crippen LogP contribution is -2.20. The van der Waals surface area contributed by atoms with Crippen molar-refractivity contribution < 1.29 is 4.79 Å². The highest BCUT2D eigenvalue weighted by molar-refractivity contribution is 6.04. The van der Waals surface area contributed by atoms with E-state index in [-0.39, 0.29) is 11.9 Å². The molecule has 1 amide bonds. The fourth-order valence-electron chi connectivity index (χ4n) is 1.66. The topological polar surface area (TPSA) is 94.0 Å². The number of pyridine rings is 1. The number of nitrogens with zero attached hydrogens (tertiary/aromatic N) is 1. The molecule has 0 aliphatic rings. The summed E-state index contributed by atoms with van der Waals surface area (Å²) in [6, 6.07) is 10.4. The van der Waals surface area contributed by atoms with Crippen LogP contribution in [0.1, 0.15) is 22.0 Å². The van der Waals surface area contributed by atoms with Crippen molar-refractivity contribution in [2.24, 2.45) is 11.5 Å². The van der Waals surface area contributed by atoms with Crippen LogP contribution in [0, 0.1) is 0 Å².